The first kappa shape index (κ1) is 27.9. The largest absolute Gasteiger partial charge is 0.493 e. The number of alkyl carbamates (subject to hydrolysis) is 1. The van der Waals surface area contributed by atoms with Crippen LogP contribution in [0, 0.1) is 5.82 Å². The summed E-state index contributed by atoms with van der Waals surface area (Å²) in [6.45, 7) is 7.83. The number of aromatic nitrogens is 1. The summed E-state index contributed by atoms with van der Waals surface area (Å²) in [5.74, 6) is 0.338. The Hall–Kier alpha value is -4.08. The molecule has 2 aromatic carbocycles. The van der Waals surface area contributed by atoms with Gasteiger partial charge in [0.15, 0.2) is 23.1 Å². The van der Waals surface area contributed by atoms with Gasteiger partial charge in [-0.25, -0.2) is 9.18 Å². The average molecular weight is 540 g/mol. The summed E-state index contributed by atoms with van der Waals surface area (Å²) in [5, 5.41) is 5.94. The second kappa shape index (κ2) is 11.3. The zero-order valence-corrected chi connectivity index (χ0v) is 22.9. The van der Waals surface area contributed by atoms with Crippen molar-refractivity contribution in [2.75, 3.05) is 19.0 Å². The summed E-state index contributed by atoms with van der Waals surface area (Å²) < 4.78 is 37.6. The third kappa shape index (κ3) is 6.87. The van der Waals surface area contributed by atoms with Crippen molar-refractivity contribution in [1.29, 1.82) is 0 Å². The first-order valence-corrected chi connectivity index (χ1v) is 12.9. The number of nitrogens with one attached hydrogen (secondary N) is 2. The number of ether oxygens (including phenoxy) is 4. The van der Waals surface area contributed by atoms with Gasteiger partial charge in [0.25, 0.3) is 0 Å². The lowest BCUT2D eigenvalue weighted by molar-refractivity contribution is -0.119. The molecule has 10 heteroatoms. The maximum atomic E-state index is 15.1. The summed E-state index contributed by atoms with van der Waals surface area (Å²) >= 11 is 0. The predicted octanol–water partition coefficient (Wildman–Crippen LogP) is 6.35. The van der Waals surface area contributed by atoms with E-state index in [9.17, 15) is 9.59 Å². The molecule has 39 heavy (non-hydrogen) atoms. The Balaban J connectivity index is 1.49. The first-order chi connectivity index (χ1) is 18.5. The van der Waals surface area contributed by atoms with Gasteiger partial charge in [-0.05, 0) is 64.3 Å². The van der Waals surface area contributed by atoms with Crippen LogP contribution in [0.4, 0.5) is 14.9 Å². The molecule has 1 fully saturated rings. The standard InChI is InChI=1S/C29H34FN3O6/c1-6-7-14-37-25-16-19-21(17-24(25)36-5)31-13-10-22(19)38-23-9-8-18(15-20(23)30)32-26(34)29(11-12-29)33-27(35)39-28(2,3)4/h8-10,13,15-17H,6-7,11-12,14H2,1-5H3,(H,32,34)(H,33,35). The van der Waals surface area contributed by atoms with Gasteiger partial charge in [0, 0.05) is 29.4 Å². The van der Waals surface area contributed by atoms with E-state index in [-0.39, 0.29) is 11.4 Å². The summed E-state index contributed by atoms with van der Waals surface area (Å²) in [5.41, 5.74) is -0.922. The molecule has 0 spiro atoms. The van der Waals surface area contributed by atoms with E-state index in [4.69, 9.17) is 18.9 Å². The minimum atomic E-state index is -1.07. The summed E-state index contributed by atoms with van der Waals surface area (Å²) in [6.07, 6.45) is 3.70. The van der Waals surface area contributed by atoms with Gasteiger partial charge in [0.2, 0.25) is 5.91 Å². The van der Waals surface area contributed by atoms with Crippen LogP contribution in [0.3, 0.4) is 0 Å². The van der Waals surface area contributed by atoms with Crippen molar-refractivity contribution < 1.29 is 32.9 Å². The monoisotopic (exact) mass is 539 g/mol. The molecule has 0 bridgehead atoms. The van der Waals surface area contributed by atoms with Gasteiger partial charge in [-0.15, -0.1) is 0 Å². The molecule has 1 aliphatic rings. The number of amides is 2. The number of benzene rings is 2. The molecule has 0 radical (unpaired) electrons. The number of rotatable bonds is 10. The van der Waals surface area contributed by atoms with Crippen LogP contribution in [0.25, 0.3) is 10.9 Å². The quantitative estimate of drug-likeness (QED) is 0.289. The molecule has 0 unspecified atom stereocenters. The van der Waals surface area contributed by atoms with Crippen LogP contribution >= 0.6 is 0 Å². The van der Waals surface area contributed by atoms with Crippen molar-refractivity contribution >= 4 is 28.6 Å². The maximum absolute atomic E-state index is 15.1. The molecule has 9 nitrogen and oxygen atoms in total. The summed E-state index contributed by atoms with van der Waals surface area (Å²) in [7, 11) is 1.56. The van der Waals surface area contributed by atoms with E-state index in [1.54, 1.807) is 52.3 Å². The molecule has 1 aromatic heterocycles. The minimum absolute atomic E-state index is 0.0298. The van der Waals surface area contributed by atoms with E-state index >= 15 is 4.39 Å². The Morgan fingerprint density at radius 3 is 2.46 bits per heavy atom. The average Bonchev–Trinajstić information content (AvgIpc) is 3.65. The van der Waals surface area contributed by atoms with Crippen molar-refractivity contribution in [1.82, 2.24) is 10.3 Å². The molecular weight excluding hydrogens is 505 g/mol. The van der Waals surface area contributed by atoms with Crippen LogP contribution in [0.5, 0.6) is 23.0 Å². The number of fused-ring (bicyclic) bond motifs is 1. The van der Waals surface area contributed by atoms with Gasteiger partial charge in [0.05, 0.1) is 19.2 Å². The van der Waals surface area contributed by atoms with Gasteiger partial charge >= 0.3 is 6.09 Å². The molecule has 1 saturated carbocycles. The molecule has 0 atom stereocenters. The van der Waals surface area contributed by atoms with Crippen LogP contribution in [0.15, 0.2) is 42.6 Å². The van der Waals surface area contributed by atoms with Crippen LogP contribution in [0.2, 0.25) is 0 Å². The van der Waals surface area contributed by atoms with Crippen molar-refractivity contribution in [3.63, 3.8) is 0 Å². The van der Waals surface area contributed by atoms with E-state index in [1.807, 2.05) is 0 Å². The van der Waals surface area contributed by atoms with Crippen LogP contribution < -0.4 is 24.8 Å². The van der Waals surface area contributed by atoms with E-state index < -0.39 is 29.0 Å². The fraction of sp³-hybridized carbons (Fsp3) is 0.414. The van der Waals surface area contributed by atoms with Crippen molar-refractivity contribution in [3.8, 4) is 23.0 Å². The molecular formula is C29H34FN3O6. The third-order valence-corrected chi connectivity index (χ3v) is 6.08. The molecule has 3 aromatic rings. The SMILES string of the molecule is CCCCOc1cc2c(Oc3ccc(NC(=O)C4(NC(=O)OC(C)(C)C)CC4)cc3F)ccnc2cc1OC. The highest BCUT2D eigenvalue weighted by molar-refractivity contribution is 6.02. The number of carbonyl (C=O) groups excluding carboxylic acids is 2. The van der Waals surface area contributed by atoms with Crippen molar-refractivity contribution in [2.45, 2.75) is 64.5 Å². The molecule has 0 aliphatic heterocycles. The highest BCUT2D eigenvalue weighted by atomic mass is 19.1. The molecule has 1 aliphatic carbocycles. The number of hydrogen-bond donors (Lipinski definition) is 2. The van der Waals surface area contributed by atoms with Gasteiger partial charge in [-0.3, -0.25) is 9.78 Å². The number of halogens is 1. The van der Waals surface area contributed by atoms with Crippen molar-refractivity contribution in [3.05, 3.63) is 48.4 Å². The molecule has 2 N–H and O–H groups in total. The Morgan fingerprint density at radius 1 is 1.05 bits per heavy atom. The Morgan fingerprint density at radius 2 is 1.82 bits per heavy atom. The van der Waals surface area contributed by atoms with Gasteiger partial charge in [0.1, 0.15) is 16.9 Å². The number of unbranched alkanes of at least 4 members (excludes halogenated alkanes) is 1. The Labute approximate surface area is 227 Å². The smallest absolute Gasteiger partial charge is 0.408 e. The zero-order chi connectivity index (χ0) is 28.2. The van der Waals surface area contributed by atoms with Gasteiger partial charge in [-0.1, -0.05) is 13.3 Å². The lowest BCUT2D eigenvalue weighted by atomic mass is 10.1. The van der Waals surface area contributed by atoms with Crippen molar-refractivity contribution in [2.24, 2.45) is 0 Å². The number of methoxy groups -OCH3 is 1. The highest BCUT2D eigenvalue weighted by Crippen LogP contribution is 2.39. The summed E-state index contributed by atoms with van der Waals surface area (Å²) in [6, 6.07) is 9.29. The number of nitrogens with zero attached hydrogens (tertiary/aromatic N) is 1. The number of pyridine rings is 1. The number of carbonyl (C=O) groups is 2. The Kier molecular flexibility index (Phi) is 8.13. The molecule has 4 rings (SSSR count). The van der Waals surface area contributed by atoms with Crippen LogP contribution in [0.1, 0.15) is 53.4 Å². The normalized spacial score (nSPS) is 13.9. The van der Waals surface area contributed by atoms with E-state index in [0.717, 1.165) is 12.8 Å². The summed E-state index contributed by atoms with van der Waals surface area (Å²) in [4.78, 5) is 29.4. The number of anilines is 1. The van der Waals surface area contributed by atoms with E-state index in [2.05, 4.69) is 22.5 Å². The zero-order valence-electron chi connectivity index (χ0n) is 22.9. The van der Waals surface area contributed by atoms with E-state index in [1.165, 1.54) is 18.2 Å². The highest BCUT2D eigenvalue weighted by Gasteiger charge is 2.52. The lowest BCUT2D eigenvalue weighted by Gasteiger charge is -2.23. The van der Waals surface area contributed by atoms with Gasteiger partial charge < -0.3 is 29.6 Å². The Bertz CT molecular complexity index is 1370. The third-order valence-electron chi connectivity index (χ3n) is 6.08. The minimum Gasteiger partial charge on any atom is -0.493 e. The fourth-order valence-electron chi connectivity index (χ4n) is 3.88. The van der Waals surface area contributed by atoms with Crippen LogP contribution in [-0.4, -0.2) is 41.8 Å². The first-order valence-electron chi connectivity index (χ1n) is 12.9. The number of hydrogen-bond acceptors (Lipinski definition) is 7. The van der Waals surface area contributed by atoms with Gasteiger partial charge in [-0.2, -0.15) is 0 Å². The van der Waals surface area contributed by atoms with E-state index in [0.29, 0.717) is 47.6 Å². The maximum Gasteiger partial charge on any atom is 0.408 e. The lowest BCUT2D eigenvalue weighted by Crippen LogP contribution is -2.47. The fourth-order valence-corrected chi connectivity index (χ4v) is 3.88. The molecule has 2 amide bonds. The topological polar surface area (TPSA) is 108 Å². The van der Waals surface area contributed by atoms with Crippen LogP contribution in [-0.2, 0) is 9.53 Å². The molecule has 208 valence electrons. The molecule has 0 saturated heterocycles. The second-order valence-electron chi connectivity index (χ2n) is 10.4. The second-order valence-corrected chi connectivity index (χ2v) is 10.4. The predicted molar refractivity (Wildman–Crippen MR) is 145 cm³/mol. The molecule has 1 heterocycles.